The molecule has 2 rings (SSSR count). The summed E-state index contributed by atoms with van der Waals surface area (Å²) in [6.07, 6.45) is 1.31. The maximum atomic E-state index is 11.9. The molecule has 2 aromatic heterocycles. The molecule has 0 bridgehead atoms. The molecule has 0 aliphatic heterocycles. The van der Waals surface area contributed by atoms with E-state index in [4.69, 9.17) is 9.26 Å². The van der Waals surface area contributed by atoms with E-state index in [0.717, 1.165) is 0 Å². The van der Waals surface area contributed by atoms with Crippen molar-refractivity contribution in [1.29, 1.82) is 0 Å². The zero-order chi connectivity index (χ0) is 16.3. The Hall–Kier alpha value is -2.91. The molecule has 22 heavy (non-hydrogen) atoms. The van der Waals surface area contributed by atoms with E-state index in [1.54, 1.807) is 13.8 Å². The Labute approximate surface area is 125 Å². The van der Waals surface area contributed by atoms with Gasteiger partial charge in [-0.15, -0.1) is 5.10 Å². The van der Waals surface area contributed by atoms with Crippen LogP contribution in [-0.2, 0) is 11.3 Å². The Balaban J connectivity index is 1.98. The average molecular weight is 309 g/mol. The minimum absolute atomic E-state index is 0.0869. The van der Waals surface area contributed by atoms with Crippen molar-refractivity contribution >= 4 is 17.3 Å². The van der Waals surface area contributed by atoms with Gasteiger partial charge in [-0.1, -0.05) is 5.16 Å². The molecule has 0 unspecified atom stereocenters. The van der Waals surface area contributed by atoms with E-state index >= 15 is 0 Å². The minimum Gasteiger partial charge on any atom is -0.475 e. The number of nitro groups is 1. The number of amides is 1. The number of nitrogens with one attached hydrogen (secondary N) is 1. The van der Waals surface area contributed by atoms with Crippen molar-refractivity contribution in [3.05, 3.63) is 27.8 Å². The first-order valence-electron chi connectivity index (χ1n) is 6.41. The lowest BCUT2D eigenvalue weighted by atomic mass is 10.3. The van der Waals surface area contributed by atoms with Crippen LogP contribution in [0.1, 0.15) is 17.9 Å². The number of methoxy groups -OCH3 is 1. The number of hydrogen-bond donors (Lipinski definition) is 1. The summed E-state index contributed by atoms with van der Waals surface area (Å²) < 4.78 is 11.1. The summed E-state index contributed by atoms with van der Waals surface area (Å²) in [6.45, 7) is 3.59. The SMILES string of the molecule is COc1nn(CCC(=O)Nc2c(C)noc2C)cc1[N+](=O)[O-]. The van der Waals surface area contributed by atoms with Crippen LogP contribution in [0.4, 0.5) is 11.4 Å². The van der Waals surface area contributed by atoms with Gasteiger partial charge in [0.2, 0.25) is 5.91 Å². The van der Waals surface area contributed by atoms with E-state index in [1.165, 1.54) is 18.0 Å². The van der Waals surface area contributed by atoms with Gasteiger partial charge in [-0.05, 0) is 13.8 Å². The third-order valence-electron chi connectivity index (χ3n) is 2.97. The average Bonchev–Trinajstić information content (AvgIpc) is 3.03. The Bertz CT molecular complexity index is 685. The second-order valence-corrected chi connectivity index (χ2v) is 4.54. The summed E-state index contributed by atoms with van der Waals surface area (Å²) in [5.41, 5.74) is 0.880. The van der Waals surface area contributed by atoms with Crippen LogP contribution in [0.2, 0.25) is 0 Å². The number of aryl methyl sites for hydroxylation is 3. The summed E-state index contributed by atoms with van der Waals surface area (Å²) in [5, 5.41) is 21.1. The van der Waals surface area contributed by atoms with Crippen molar-refractivity contribution in [2.45, 2.75) is 26.8 Å². The van der Waals surface area contributed by atoms with Crippen LogP contribution in [0.3, 0.4) is 0 Å². The quantitative estimate of drug-likeness (QED) is 0.632. The molecule has 0 aliphatic rings. The fourth-order valence-corrected chi connectivity index (χ4v) is 1.86. The van der Waals surface area contributed by atoms with E-state index in [9.17, 15) is 14.9 Å². The first kappa shape index (κ1) is 15.5. The fraction of sp³-hybridized carbons (Fsp3) is 0.417. The van der Waals surface area contributed by atoms with E-state index in [0.29, 0.717) is 17.1 Å². The molecule has 2 aromatic rings. The fourth-order valence-electron chi connectivity index (χ4n) is 1.86. The summed E-state index contributed by atoms with van der Waals surface area (Å²) in [5.74, 6) is 0.157. The summed E-state index contributed by atoms with van der Waals surface area (Å²) in [7, 11) is 1.30. The predicted octanol–water partition coefficient (Wildman–Crippen LogP) is 1.43. The number of anilines is 1. The van der Waals surface area contributed by atoms with Crippen LogP contribution < -0.4 is 10.1 Å². The van der Waals surface area contributed by atoms with Gasteiger partial charge >= 0.3 is 11.6 Å². The van der Waals surface area contributed by atoms with Crippen LogP contribution in [0, 0.1) is 24.0 Å². The van der Waals surface area contributed by atoms with Gasteiger partial charge in [0, 0.05) is 6.42 Å². The number of aromatic nitrogens is 3. The molecule has 1 amide bonds. The van der Waals surface area contributed by atoms with Gasteiger partial charge in [-0.2, -0.15) is 0 Å². The number of carbonyl (C=O) groups excluding carboxylic acids is 1. The van der Waals surface area contributed by atoms with Crippen LogP contribution in [0.15, 0.2) is 10.7 Å². The molecule has 10 nitrogen and oxygen atoms in total. The van der Waals surface area contributed by atoms with E-state index in [1.807, 2.05) is 0 Å². The van der Waals surface area contributed by atoms with Crippen LogP contribution in [-0.4, -0.2) is 32.9 Å². The van der Waals surface area contributed by atoms with Crippen molar-refractivity contribution in [2.24, 2.45) is 0 Å². The molecule has 10 heteroatoms. The second-order valence-electron chi connectivity index (χ2n) is 4.54. The minimum atomic E-state index is -0.591. The topological polar surface area (TPSA) is 125 Å². The molecule has 0 aliphatic carbocycles. The van der Waals surface area contributed by atoms with Gasteiger partial charge < -0.3 is 14.6 Å². The van der Waals surface area contributed by atoms with Gasteiger partial charge in [-0.25, -0.2) is 0 Å². The Morgan fingerprint density at radius 1 is 1.55 bits per heavy atom. The largest absolute Gasteiger partial charge is 0.475 e. The normalized spacial score (nSPS) is 10.5. The van der Waals surface area contributed by atoms with Crippen LogP contribution in [0.5, 0.6) is 5.88 Å². The molecule has 0 spiro atoms. The third-order valence-corrected chi connectivity index (χ3v) is 2.97. The molecule has 0 saturated heterocycles. The van der Waals surface area contributed by atoms with E-state index < -0.39 is 4.92 Å². The van der Waals surface area contributed by atoms with E-state index in [2.05, 4.69) is 15.6 Å². The van der Waals surface area contributed by atoms with Gasteiger partial charge in [-0.3, -0.25) is 19.6 Å². The standard InChI is InChI=1S/C12H15N5O5/c1-7-11(8(2)22-15-7)13-10(18)4-5-16-6-9(17(19)20)12(14-16)21-3/h6H,4-5H2,1-3H3,(H,13,18). The van der Waals surface area contributed by atoms with Crippen molar-refractivity contribution in [1.82, 2.24) is 14.9 Å². The van der Waals surface area contributed by atoms with Crippen molar-refractivity contribution in [2.75, 3.05) is 12.4 Å². The van der Waals surface area contributed by atoms with Crippen molar-refractivity contribution in [3.8, 4) is 5.88 Å². The van der Waals surface area contributed by atoms with Gasteiger partial charge in [0.1, 0.15) is 17.6 Å². The second kappa shape index (κ2) is 6.24. The maximum Gasteiger partial charge on any atom is 0.350 e. The predicted molar refractivity (Wildman–Crippen MR) is 74.7 cm³/mol. The third kappa shape index (κ3) is 3.22. The Morgan fingerprint density at radius 2 is 2.27 bits per heavy atom. The highest BCUT2D eigenvalue weighted by atomic mass is 16.6. The number of nitrogens with zero attached hydrogens (tertiary/aromatic N) is 4. The lowest BCUT2D eigenvalue weighted by molar-refractivity contribution is -0.385. The summed E-state index contributed by atoms with van der Waals surface area (Å²) in [6, 6.07) is 0. The molecule has 0 saturated carbocycles. The van der Waals surface area contributed by atoms with Crippen LogP contribution in [0.25, 0.3) is 0 Å². The zero-order valence-electron chi connectivity index (χ0n) is 12.3. The number of rotatable bonds is 6. The Morgan fingerprint density at radius 3 is 2.77 bits per heavy atom. The van der Waals surface area contributed by atoms with Gasteiger partial charge in [0.15, 0.2) is 5.76 Å². The molecule has 1 N–H and O–H groups in total. The zero-order valence-corrected chi connectivity index (χ0v) is 12.3. The summed E-state index contributed by atoms with van der Waals surface area (Å²) in [4.78, 5) is 22.1. The van der Waals surface area contributed by atoms with Crippen LogP contribution >= 0.6 is 0 Å². The Kier molecular flexibility index (Phi) is 4.39. The first-order chi connectivity index (χ1) is 10.4. The molecule has 0 atom stereocenters. The lowest BCUT2D eigenvalue weighted by Gasteiger charge is -2.04. The monoisotopic (exact) mass is 309 g/mol. The van der Waals surface area contributed by atoms with E-state index in [-0.39, 0.29) is 30.4 Å². The number of carbonyl (C=O) groups is 1. The lowest BCUT2D eigenvalue weighted by Crippen LogP contribution is -2.15. The molecule has 0 aromatic carbocycles. The molecule has 0 fully saturated rings. The maximum absolute atomic E-state index is 11.9. The number of ether oxygens (including phenoxy) is 1. The summed E-state index contributed by atoms with van der Waals surface area (Å²) >= 11 is 0. The molecular weight excluding hydrogens is 294 g/mol. The van der Waals surface area contributed by atoms with Crippen molar-refractivity contribution in [3.63, 3.8) is 0 Å². The van der Waals surface area contributed by atoms with Gasteiger partial charge in [0.25, 0.3) is 0 Å². The highest BCUT2D eigenvalue weighted by Gasteiger charge is 2.20. The van der Waals surface area contributed by atoms with Gasteiger partial charge in [0.05, 0.1) is 18.6 Å². The molecule has 118 valence electrons. The van der Waals surface area contributed by atoms with Crippen molar-refractivity contribution < 1.29 is 19.0 Å². The molecular formula is C12H15N5O5. The first-order valence-corrected chi connectivity index (χ1v) is 6.41. The number of hydrogen-bond acceptors (Lipinski definition) is 7. The highest BCUT2D eigenvalue weighted by Crippen LogP contribution is 2.24. The molecule has 2 heterocycles. The molecule has 0 radical (unpaired) electrons. The smallest absolute Gasteiger partial charge is 0.350 e. The highest BCUT2D eigenvalue weighted by molar-refractivity contribution is 5.91.